The highest BCUT2D eigenvalue weighted by Gasteiger charge is 2.47. The highest BCUT2D eigenvalue weighted by atomic mass is 16.7. The van der Waals surface area contributed by atoms with Gasteiger partial charge in [0.1, 0.15) is 18.3 Å². The molecule has 1 fully saturated rings. The number of aliphatic hydroxyl groups excluding tert-OH is 5. The average molecular weight is 366 g/mol. The van der Waals surface area contributed by atoms with E-state index >= 15 is 0 Å². The average Bonchev–Trinajstić information content (AvgIpc) is 2.58. The predicted octanol–water partition coefficient (Wildman–Crippen LogP) is -1.31. The van der Waals surface area contributed by atoms with Crippen molar-refractivity contribution in [2.24, 2.45) is 11.8 Å². The number of hydrogen-bond acceptors (Lipinski definition) is 8. The first kappa shape index (κ1) is 22.2. The molecule has 6 N–H and O–H groups in total. The molecule has 0 bridgehead atoms. The van der Waals surface area contributed by atoms with E-state index < -0.39 is 36.7 Å². The third-order valence-corrected chi connectivity index (χ3v) is 4.53. The van der Waals surface area contributed by atoms with Crippen LogP contribution >= 0.6 is 0 Å². The summed E-state index contributed by atoms with van der Waals surface area (Å²) < 4.78 is 10.4. The van der Waals surface area contributed by atoms with Crippen LogP contribution in [-0.2, 0) is 14.3 Å². The highest BCUT2D eigenvalue weighted by Crippen LogP contribution is 2.23. The van der Waals surface area contributed by atoms with Crippen molar-refractivity contribution < 1.29 is 44.9 Å². The van der Waals surface area contributed by atoms with E-state index in [1.165, 1.54) is 0 Å². The molecule has 0 aromatic carbocycles. The van der Waals surface area contributed by atoms with Crippen molar-refractivity contribution >= 4 is 5.97 Å². The van der Waals surface area contributed by atoms with Crippen molar-refractivity contribution in [1.82, 2.24) is 0 Å². The summed E-state index contributed by atoms with van der Waals surface area (Å²) in [7, 11) is 0. The number of carbonyl (C=O) groups is 1. The van der Waals surface area contributed by atoms with E-state index in [1.54, 1.807) is 0 Å². The monoisotopic (exact) mass is 366 g/mol. The molecular weight excluding hydrogens is 336 g/mol. The Bertz CT molecular complexity index is 388. The van der Waals surface area contributed by atoms with Crippen LogP contribution in [0.15, 0.2) is 0 Å². The Morgan fingerprint density at radius 2 is 1.68 bits per heavy atom. The van der Waals surface area contributed by atoms with Crippen LogP contribution in [0.5, 0.6) is 0 Å². The Morgan fingerprint density at radius 1 is 1.04 bits per heavy atom. The molecule has 1 unspecified atom stereocenters. The lowest BCUT2D eigenvalue weighted by Crippen LogP contribution is -2.60. The molecule has 25 heavy (non-hydrogen) atoms. The summed E-state index contributed by atoms with van der Waals surface area (Å²) in [6.07, 6.45) is -4.82. The van der Waals surface area contributed by atoms with Crippen molar-refractivity contribution in [3.8, 4) is 0 Å². The zero-order chi connectivity index (χ0) is 19.0. The lowest BCUT2D eigenvalue weighted by molar-refractivity contribution is -0.294. The molecule has 1 aliphatic rings. The second-order valence-electron chi connectivity index (χ2n) is 6.66. The van der Waals surface area contributed by atoms with Gasteiger partial charge in [0.05, 0.1) is 6.61 Å². The Balaban J connectivity index is 2.33. The second kappa shape index (κ2) is 11.0. The van der Waals surface area contributed by atoms with Gasteiger partial charge in [0.2, 0.25) is 0 Å². The van der Waals surface area contributed by atoms with Crippen LogP contribution in [-0.4, -0.2) is 87.1 Å². The van der Waals surface area contributed by atoms with Gasteiger partial charge in [-0.1, -0.05) is 19.8 Å². The minimum absolute atomic E-state index is 0.0379. The predicted molar refractivity (Wildman–Crippen MR) is 85.6 cm³/mol. The van der Waals surface area contributed by atoms with Crippen molar-refractivity contribution in [2.75, 3.05) is 19.8 Å². The lowest BCUT2D eigenvalue weighted by Gasteiger charge is -2.38. The number of ether oxygens (including phenoxy) is 2. The SMILES string of the molecule is CC(CCCC(CO)CO)CCO[C@@H]1O[C@H](C(=O)O)[C@@H](O)[C@H](O)[C@H]1O. The van der Waals surface area contributed by atoms with E-state index in [0.717, 1.165) is 19.3 Å². The summed E-state index contributed by atoms with van der Waals surface area (Å²) in [6.45, 7) is 2.13. The third-order valence-electron chi connectivity index (χ3n) is 4.53. The molecule has 6 atom stereocenters. The molecule has 1 saturated heterocycles. The third kappa shape index (κ3) is 6.78. The first-order valence-corrected chi connectivity index (χ1v) is 8.57. The van der Waals surface area contributed by atoms with Gasteiger partial charge in [-0.25, -0.2) is 4.79 Å². The van der Waals surface area contributed by atoms with Crippen LogP contribution < -0.4 is 0 Å². The Morgan fingerprint density at radius 3 is 2.24 bits per heavy atom. The van der Waals surface area contributed by atoms with Crippen LogP contribution in [0.1, 0.15) is 32.6 Å². The van der Waals surface area contributed by atoms with Crippen molar-refractivity contribution in [1.29, 1.82) is 0 Å². The minimum Gasteiger partial charge on any atom is -0.479 e. The van der Waals surface area contributed by atoms with Gasteiger partial charge in [0.15, 0.2) is 12.4 Å². The molecule has 148 valence electrons. The summed E-state index contributed by atoms with van der Waals surface area (Å²) in [6, 6.07) is 0. The van der Waals surface area contributed by atoms with Crippen molar-refractivity contribution in [3.63, 3.8) is 0 Å². The summed E-state index contributed by atoms with van der Waals surface area (Å²) >= 11 is 0. The summed E-state index contributed by atoms with van der Waals surface area (Å²) in [5.74, 6) is -1.26. The molecule has 0 radical (unpaired) electrons. The number of carboxylic acid groups (broad SMARTS) is 1. The van der Waals surface area contributed by atoms with Gasteiger partial charge in [-0.05, 0) is 18.8 Å². The maximum Gasteiger partial charge on any atom is 0.335 e. The standard InChI is InChI=1S/C16H30O9/c1-9(3-2-4-10(7-17)8-18)5-6-24-16-13(21)11(19)12(20)14(25-16)15(22)23/h9-14,16-21H,2-8H2,1H3,(H,22,23)/t9?,11-,12-,13+,14-,16+/m0/s1. The van der Waals surface area contributed by atoms with Crippen molar-refractivity contribution in [2.45, 2.75) is 63.3 Å². The van der Waals surface area contributed by atoms with Crippen LogP contribution in [0.2, 0.25) is 0 Å². The molecule has 0 saturated carbocycles. The van der Waals surface area contributed by atoms with E-state index in [-0.39, 0.29) is 31.7 Å². The molecule has 0 aromatic heterocycles. The molecule has 1 rings (SSSR count). The topological polar surface area (TPSA) is 157 Å². The summed E-state index contributed by atoms with van der Waals surface area (Å²) in [5, 5.41) is 56.1. The Labute approximate surface area is 146 Å². The quantitative estimate of drug-likeness (QED) is 0.261. The summed E-state index contributed by atoms with van der Waals surface area (Å²) in [5.41, 5.74) is 0. The molecular formula is C16H30O9. The molecule has 9 nitrogen and oxygen atoms in total. The zero-order valence-corrected chi connectivity index (χ0v) is 14.4. The molecule has 1 aliphatic heterocycles. The van der Waals surface area contributed by atoms with E-state index in [2.05, 4.69) is 0 Å². The van der Waals surface area contributed by atoms with Crippen LogP contribution in [0.4, 0.5) is 0 Å². The first-order chi connectivity index (χ1) is 11.8. The van der Waals surface area contributed by atoms with E-state index in [1.807, 2.05) is 6.92 Å². The Kier molecular flexibility index (Phi) is 9.80. The molecule has 9 heteroatoms. The normalized spacial score (nSPS) is 31.2. The van der Waals surface area contributed by atoms with Crippen LogP contribution in [0.25, 0.3) is 0 Å². The minimum atomic E-state index is -1.72. The van der Waals surface area contributed by atoms with Crippen molar-refractivity contribution in [3.05, 3.63) is 0 Å². The largest absolute Gasteiger partial charge is 0.479 e. The fourth-order valence-electron chi connectivity index (χ4n) is 2.71. The van der Waals surface area contributed by atoms with Gasteiger partial charge >= 0.3 is 5.97 Å². The van der Waals surface area contributed by atoms with Gasteiger partial charge in [-0.2, -0.15) is 0 Å². The fraction of sp³-hybridized carbons (Fsp3) is 0.938. The van der Waals surface area contributed by atoms with Gasteiger partial charge in [0, 0.05) is 19.1 Å². The van der Waals surface area contributed by atoms with Gasteiger partial charge in [-0.3, -0.25) is 0 Å². The molecule has 0 amide bonds. The maximum absolute atomic E-state index is 11.0. The van der Waals surface area contributed by atoms with Gasteiger partial charge in [0.25, 0.3) is 0 Å². The van der Waals surface area contributed by atoms with E-state index in [9.17, 15) is 20.1 Å². The van der Waals surface area contributed by atoms with Crippen LogP contribution in [0.3, 0.4) is 0 Å². The highest BCUT2D eigenvalue weighted by molar-refractivity contribution is 5.73. The van der Waals surface area contributed by atoms with Gasteiger partial charge in [-0.15, -0.1) is 0 Å². The van der Waals surface area contributed by atoms with Crippen LogP contribution in [0, 0.1) is 11.8 Å². The van der Waals surface area contributed by atoms with E-state index in [0.29, 0.717) is 6.42 Å². The molecule has 0 aromatic rings. The molecule has 0 spiro atoms. The van der Waals surface area contributed by atoms with E-state index in [4.69, 9.17) is 24.8 Å². The lowest BCUT2D eigenvalue weighted by atomic mass is 9.96. The van der Waals surface area contributed by atoms with Gasteiger partial charge < -0.3 is 40.1 Å². The molecule has 0 aliphatic carbocycles. The first-order valence-electron chi connectivity index (χ1n) is 8.57. The smallest absolute Gasteiger partial charge is 0.335 e. The molecule has 1 heterocycles. The number of hydrogen-bond donors (Lipinski definition) is 6. The number of aliphatic carboxylic acids is 1. The number of aliphatic hydroxyl groups is 5. The zero-order valence-electron chi connectivity index (χ0n) is 14.4. The Hall–Kier alpha value is -0.810. The number of rotatable bonds is 11. The fourth-order valence-corrected chi connectivity index (χ4v) is 2.71. The second-order valence-corrected chi connectivity index (χ2v) is 6.66. The maximum atomic E-state index is 11.0. The summed E-state index contributed by atoms with van der Waals surface area (Å²) in [4.78, 5) is 11.0. The number of carboxylic acids is 1.